The summed E-state index contributed by atoms with van der Waals surface area (Å²) >= 11 is 0. The molecule has 1 unspecified atom stereocenters. The van der Waals surface area contributed by atoms with E-state index in [0.29, 0.717) is 39.1 Å². The van der Waals surface area contributed by atoms with Gasteiger partial charge < -0.3 is 15.5 Å². The number of amides is 1. The molecule has 0 saturated heterocycles. The monoisotopic (exact) mass is 451 g/mol. The predicted octanol–water partition coefficient (Wildman–Crippen LogP) is 4.22. The Balaban J connectivity index is 1.65. The van der Waals surface area contributed by atoms with Crippen LogP contribution in [0.5, 0.6) is 0 Å². The molecule has 34 heavy (non-hydrogen) atoms. The Bertz CT molecular complexity index is 1620. The first-order chi connectivity index (χ1) is 16.5. The second-order valence-electron chi connectivity index (χ2n) is 7.80. The third-order valence-corrected chi connectivity index (χ3v) is 5.65. The third-order valence-electron chi connectivity index (χ3n) is 5.65. The third kappa shape index (κ3) is 3.41. The van der Waals surface area contributed by atoms with Crippen LogP contribution in [0.15, 0.2) is 82.8 Å². The molecule has 5 rings (SSSR count). The molecule has 3 aromatic heterocycles. The highest BCUT2D eigenvalue weighted by Gasteiger charge is 2.26. The number of carbonyl (C=O) groups is 1. The number of carbonyl (C=O) groups excluding carboxylic acids is 1. The smallest absolute Gasteiger partial charge is 0.259 e. The summed E-state index contributed by atoms with van der Waals surface area (Å²) in [5.41, 5.74) is 8.45. The van der Waals surface area contributed by atoms with Crippen LogP contribution < -0.4 is 16.5 Å². The second-order valence-corrected chi connectivity index (χ2v) is 7.80. The van der Waals surface area contributed by atoms with Gasteiger partial charge in [-0.3, -0.25) is 9.59 Å². The Morgan fingerprint density at radius 2 is 1.97 bits per heavy atom. The Kier molecular flexibility index (Phi) is 5.18. The number of hydrogen-bond donors (Lipinski definition) is 2. The van der Waals surface area contributed by atoms with Crippen LogP contribution >= 0.6 is 0 Å². The average Bonchev–Trinajstić information content (AvgIpc) is 3.19. The Labute approximate surface area is 194 Å². The van der Waals surface area contributed by atoms with Gasteiger partial charge in [0.15, 0.2) is 11.5 Å². The van der Waals surface area contributed by atoms with Gasteiger partial charge in [-0.2, -0.15) is 0 Å². The fourth-order valence-electron chi connectivity index (χ4n) is 4.09. The Hall–Kier alpha value is -4.72. The molecule has 1 atom stereocenters. The van der Waals surface area contributed by atoms with Crippen molar-refractivity contribution in [1.82, 2.24) is 19.9 Å². The molecule has 0 aliphatic heterocycles. The molecule has 1 amide bonds. The van der Waals surface area contributed by atoms with E-state index in [1.807, 2.05) is 36.4 Å². The maximum absolute atomic E-state index is 13.7. The van der Waals surface area contributed by atoms with Gasteiger partial charge in [0.1, 0.15) is 16.9 Å². The van der Waals surface area contributed by atoms with E-state index in [9.17, 15) is 9.59 Å². The molecule has 3 heterocycles. The minimum absolute atomic E-state index is 0.0577. The van der Waals surface area contributed by atoms with Gasteiger partial charge in [0.25, 0.3) is 5.91 Å². The van der Waals surface area contributed by atoms with E-state index in [-0.39, 0.29) is 16.8 Å². The lowest BCUT2D eigenvalue weighted by Gasteiger charge is -2.18. The molecule has 3 N–H and O–H groups in total. The van der Waals surface area contributed by atoms with Crippen molar-refractivity contribution < 1.29 is 9.21 Å². The number of nitrogens with one attached hydrogen (secondary N) is 1. The highest BCUT2D eigenvalue weighted by molar-refractivity contribution is 6.04. The lowest BCUT2D eigenvalue weighted by molar-refractivity contribution is 0.0938. The molecular weight excluding hydrogens is 430 g/mol. The van der Waals surface area contributed by atoms with Gasteiger partial charge in [0.05, 0.1) is 17.0 Å². The minimum atomic E-state index is -0.662. The summed E-state index contributed by atoms with van der Waals surface area (Å²) in [6, 6.07) is 15.6. The predicted molar refractivity (Wildman–Crippen MR) is 131 cm³/mol. The zero-order valence-electron chi connectivity index (χ0n) is 18.4. The Morgan fingerprint density at radius 1 is 1.18 bits per heavy atom. The lowest BCUT2D eigenvalue weighted by atomic mass is 9.97. The van der Waals surface area contributed by atoms with Crippen LogP contribution in [0, 0.1) is 0 Å². The van der Waals surface area contributed by atoms with E-state index in [4.69, 9.17) is 10.2 Å². The molecule has 0 spiro atoms. The van der Waals surface area contributed by atoms with Crippen LogP contribution in [0.3, 0.4) is 0 Å². The number of anilines is 1. The average molecular weight is 451 g/mol. The summed E-state index contributed by atoms with van der Waals surface area (Å²) in [6.45, 7) is 5.57. The molecule has 0 saturated carbocycles. The molecule has 0 fully saturated rings. The summed E-state index contributed by atoms with van der Waals surface area (Å²) < 4.78 is 7.68. The first-order valence-electron chi connectivity index (χ1n) is 10.7. The maximum atomic E-state index is 13.7. The normalized spacial score (nSPS) is 12.0. The van der Waals surface area contributed by atoms with E-state index >= 15 is 0 Å². The molecule has 168 valence electrons. The van der Waals surface area contributed by atoms with Gasteiger partial charge >= 0.3 is 0 Å². The van der Waals surface area contributed by atoms with Crippen LogP contribution in [0.2, 0.25) is 0 Å². The van der Waals surface area contributed by atoms with E-state index in [0.717, 1.165) is 0 Å². The molecule has 8 nitrogen and oxygen atoms in total. The van der Waals surface area contributed by atoms with Crippen LogP contribution in [-0.2, 0) is 0 Å². The van der Waals surface area contributed by atoms with Crippen molar-refractivity contribution >= 4 is 34.4 Å². The fourth-order valence-corrected chi connectivity index (χ4v) is 4.09. The number of nitrogens with two attached hydrogens (primary N) is 1. The summed E-state index contributed by atoms with van der Waals surface area (Å²) in [5, 5.41) is 7.48. The van der Waals surface area contributed by atoms with Gasteiger partial charge in [-0.15, -0.1) is 5.10 Å². The van der Waals surface area contributed by atoms with Crippen LogP contribution in [-0.4, -0.2) is 20.5 Å². The first kappa shape index (κ1) is 21.1. The van der Waals surface area contributed by atoms with Gasteiger partial charge in [0, 0.05) is 12.4 Å². The number of aromatic nitrogens is 3. The zero-order chi connectivity index (χ0) is 23.8. The van der Waals surface area contributed by atoms with Gasteiger partial charge in [-0.1, -0.05) is 55.1 Å². The maximum Gasteiger partial charge on any atom is 0.259 e. The Morgan fingerprint density at radius 3 is 2.74 bits per heavy atom. The SMILES string of the molecule is C=Cc1cccc2oc(C(C)NC(=O)c3c(N)nn4cccnc34)c(-c3ccccc3)c(=O)c12. The molecule has 8 heteroatoms. The van der Waals surface area contributed by atoms with Crippen molar-refractivity contribution in [2.24, 2.45) is 0 Å². The van der Waals surface area contributed by atoms with Crippen molar-refractivity contribution in [1.29, 1.82) is 0 Å². The second kappa shape index (κ2) is 8.32. The minimum Gasteiger partial charge on any atom is -0.458 e. The molecule has 0 aliphatic rings. The zero-order valence-corrected chi connectivity index (χ0v) is 18.4. The van der Waals surface area contributed by atoms with Crippen molar-refractivity contribution in [2.75, 3.05) is 5.73 Å². The van der Waals surface area contributed by atoms with E-state index in [1.54, 1.807) is 43.6 Å². The number of fused-ring (bicyclic) bond motifs is 2. The number of nitrogens with zero attached hydrogens (tertiary/aromatic N) is 3. The van der Waals surface area contributed by atoms with E-state index in [2.05, 4.69) is 22.0 Å². The summed E-state index contributed by atoms with van der Waals surface area (Å²) in [5.74, 6) is -0.0798. The highest BCUT2D eigenvalue weighted by Crippen LogP contribution is 2.31. The largest absolute Gasteiger partial charge is 0.458 e. The molecule has 0 radical (unpaired) electrons. The van der Waals surface area contributed by atoms with Crippen molar-refractivity contribution in [3.63, 3.8) is 0 Å². The van der Waals surface area contributed by atoms with Crippen molar-refractivity contribution in [3.05, 3.63) is 101 Å². The summed E-state index contributed by atoms with van der Waals surface area (Å²) in [7, 11) is 0. The lowest BCUT2D eigenvalue weighted by Crippen LogP contribution is -2.28. The summed E-state index contributed by atoms with van der Waals surface area (Å²) in [4.78, 5) is 31.1. The number of rotatable bonds is 5. The van der Waals surface area contributed by atoms with Crippen LogP contribution in [0.4, 0.5) is 5.82 Å². The van der Waals surface area contributed by atoms with Crippen LogP contribution in [0.1, 0.15) is 34.6 Å². The van der Waals surface area contributed by atoms with Crippen LogP contribution in [0.25, 0.3) is 33.8 Å². The highest BCUT2D eigenvalue weighted by atomic mass is 16.3. The number of nitrogen functional groups attached to an aromatic ring is 1. The fraction of sp³-hybridized carbons (Fsp3) is 0.0769. The summed E-state index contributed by atoms with van der Waals surface area (Å²) in [6.07, 6.45) is 4.84. The molecule has 2 aromatic carbocycles. The topological polar surface area (TPSA) is 116 Å². The van der Waals surface area contributed by atoms with Crippen molar-refractivity contribution in [2.45, 2.75) is 13.0 Å². The van der Waals surface area contributed by atoms with Gasteiger partial charge in [0.2, 0.25) is 5.43 Å². The van der Waals surface area contributed by atoms with E-state index < -0.39 is 11.9 Å². The standard InChI is InChI=1S/C26H21N5O3/c1-3-16-11-7-12-18-19(16)22(32)20(17-9-5-4-6-10-17)23(34-18)15(2)29-26(33)21-24(27)30-31-14-8-13-28-25(21)31/h3-15H,1H2,2H3,(H2,27,30)(H,29,33). The number of hydrogen-bond acceptors (Lipinski definition) is 6. The van der Waals surface area contributed by atoms with Crippen molar-refractivity contribution in [3.8, 4) is 11.1 Å². The van der Waals surface area contributed by atoms with E-state index in [1.165, 1.54) is 4.52 Å². The quantitative estimate of drug-likeness (QED) is 0.413. The number of benzene rings is 2. The van der Waals surface area contributed by atoms with Gasteiger partial charge in [-0.25, -0.2) is 9.50 Å². The molecule has 5 aromatic rings. The molecule has 0 aliphatic carbocycles. The first-order valence-corrected chi connectivity index (χ1v) is 10.7. The molecule has 0 bridgehead atoms. The molecular formula is C26H21N5O3. The van der Waals surface area contributed by atoms with Gasteiger partial charge in [-0.05, 0) is 30.2 Å².